The summed E-state index contributed by atoms with van der Waals surface area (Å²) < 4.78 is 1.75. The number of hydrogen-bond acceptors (Lipinski definition) is 5. The molecule has 7 nitrogen and oxygen atoms in total. The largest absolute Gasteiger partial charge is 0.352 e. The Kier molecular flexibility index (Phi) is 3.72. The number of nitrogens with zero attached hydrogens (tertiary/aromatic N) is 6. The number of hydrogen-bond donors (Lipinski definition) is 0. The maximum atomic E-state index is 11.9. The van der Waals surface area contributed by atoms with Gasteiger partial charge in [-0.25, -0.2) is 9.97 Å². The summed E-state index contributed by atoms with van der Waals surface area (Å²) in [5.41, 5.74) is 0.837. The Morgan fingerprint density at radius 3 is 2.71 bits per heavy atom. The third-order valence-electron chi connectivity index (χ3n) is 3.90. The molecule has 2 aromatic heterocycles. The molecule has 3 rings (SSSR count). The lowest BCUT2D eigenvalue weighted by Crippen LogP contribution is -2.49. The van der Waals surface area contributed by atoms with E-state index in [2.05, 4.69) is 20.0 Å². The third-order valence-corrected chi connectivity index (χ3v) is 3.90. The van der Waals surface area contributed by atoms with Crippen LogP contribution >= 0.6 is 0 Å². The van der Waals surface area contributed by atoms with Crippen molar-refractivity contribution in [3.8, 4) is 0 Å². The molecule has 0 radical (unpaired) electrons. The van der Waals surface area contributed by atoms with E-state index in [1.165, 1.54) is 0 Å². The Bertz CT molecular complexity index is 644. The topological polar surface area (TPSA) is 67.2 Å². The number of amides is 1. The first-order chi connectivity index (χ1) is 10.2. The minimum Gasteiger partial charge on any atom is -0.352 e. The normalized spacial score (nSPS) is 15.7. The molecule has 0 bridgehead atoms. The molecule has 0 atom stereocenters. The van der Waals surface area contributed by atoms with Crippen LogP contribution in [0.25, 0.3) is 11.0 Å². The molecule has 7 heteroatoms. The van der Waals surface area contributed by atoms with Crippen LogP contribution in [0.4, 0.5) is 5.82 Å². The van der Waals surface area contributed by atoms with E-state index in [4.69, 9.17) is 0 Å². The van der Waals surface area contributed by atoms with Crippen molar-refractivity contribution in [3.05, 3.63) is 12.5 Å². The number of aromatic nitrogens is 4. The van der Waals surface area contributed by atoms with Crippen molar-refractivity contribution in [3.63, 3.8) is 0 Å². The second kappa shape index (κ2) is 5.67. The molecular weight excluding hydrogens is 268 g/mol. The van der Waals surface area contributed by atoms with Crippen LogP contribution in [0.5, 0.6) is 0 Å². The molecule has 1 saturated heterocycles. The fourth-order valence-electron chi connectivity index (χ4n) is 2.74. The summed E-state index contributed by atoms with van der Waals surface area (Å²) in [5.74, 6) is 1.17. The number of aryl methyl sites for hydroxylation is 1. The second-order valence-electron chi connectivity index (χ2n) is 5.32. The highest BCUT2D eigenvalue weighted by atomic mass is 16.2. The van der Waals surface area contributed by atoms with Crippen LogP contribution in [0.3, 0.4) is 0 Å². The first-order valence-corrected chi connectivity index (χ1v) is 7.36. The number of carbonyl (C=O) groups excluding carboxylic acids is 1. The van der Waals surface area contributed by atoms with Crippen LogP contribution in [0.2, 0.25) is 0 Å². The van der Waals surface area contributed by atoms with E-state index in [0.29, 0.717) is 6.42 Å². The average molecular weight is 288 g/mol. The van der Waals surface area contributed by atoms with Gasteiger partial charge in [0.25, 0.3) is 0 Å². The SMILES string of the molecule is CCCC(=O)N1CCN(c2ncnc3c2cnn3C)CC1. The summed E-state index contributed by atoms with van der Waals surface area (Å²) in [6, 6.07) is 0. The first kappa shape index (κ1) is 13.8. The van der Waals surface area contributed by atoms with Crippen LogP contribution in [-0.4, -0.2) is 56.7 Å². The maximum absolute atomic E-state index is 11.9. The van der Waals surface area contributed by atoms with Gasteiger partial charge < -0.3 is 9.80 Å². The number of rotatable bonds is 3. The maximum Gasteiger partial charge on any atom is 0.222 e. The number of anilines is 1. The van der Waals surface area contributed by atoms with Crippen molar-refractivity contribution in [2.45, 2.75) is 19.8 Å². The zero-order valence-electron chi connectivity index (χ0n) is 12.5. The third kappa shape index (κ3) is 2.55. The Labute approximate surface area is 123 Å². The van der Waals surface area contributed by atoms with Gasteiger partial charge in [-0.05, 0) is 6.42 Å². The van der Waals surface area contributed by atoms with Crippen LogP contribution in [-0.2, 0) is 11.8 Å². The second-order valence-corrected chi connectivity index (χ2v) is 5.32. The molecule has 0 unspecified atom stereocenters. The minimum atomic E-state index is 0.256. The molecule has 1 aliphatic heterocycles. The molecule has 0 N–H and O–H groups in total. The standard InChI is InChI=1S/C14H20N6O/c1-3-4-12(21)19-5-7-20(8-6-19)14-11-9-17-18(2)13(11)15-10-16-14/h9-10H,3-8H2,1-2H3. The molecule has 1 fully saturated rings. The Balaban J connectivity index is 1.75. The van der Waals surface area contributed by atoms with E-state index >= 15 is 0 Å². The molecule has 0 spiro atoms. The lowest BCUT2D eigenvalue weighted by atomic mass is 10.2. The molecule has 3 heterocycles. The van der Waals surface area contributed by atoms with E-state index in [0.717, 1.165) is 49.5 Å². The lowest BCUT2D eigenvalue weighted by Gasteiger charge is -2.35. The van der Waals surface area contributed by atoms with E-state index in [1.54, 1.807) is 17.2 Å². The van der Waals surface area contributed by atoms with Crippen LogP contribution in [0, 0.1) is 0 Å². The van der Waals surface area contributed by atoms with Crippen LogP contribution < -0.4 is 4.90 Å². The quantitative estimate of drug-likeness (QED) is 0.836. The summed E-state index contributed by atoms with van der Waals surface area (Å²) in [5, 5.41) is 5.21. The van der Waals surface area contributed by atoms with Gasteiger partial charge in [0.05, 0.1) is 11.6 Å². The first-order valence-electron chi connectivity index (χ1n) is 7.36. The summed E-state index contributed by atoms with van der Waals surface area (Å²) in [6.45, 7) is 5.15. The van der Waals surface area contributed by atoms with Gasteiger partial charge in [-0.1, -0.05) is 6.92 Å². The highest BCUT2D eigenvalue weighted by molar-refractivity contribution is 5.86. The summed E-state index contributed by atoms with van der Waals surface area (Å²) in [6.07, 6.45) is 4.93. The minimum absolute atomic E-state index is 0.256. The van der Waals surface area contributed by atoms with Crippen molar-refractivity contribution >= 4 is 22.8 Å². The summed E-state index contributed by atoms with van der Waals surface area (Å²) in [4.78, 5) is 24.8. The van der Waals surface area contributed by atoms with Crippen molar-refractivity contribution < 1.29 is 4.79 Å². The predicted molar refractivity (Wildman–Crippen MR) is 80.0 cm³/mol. The molecule has 2 aromatic rings. The van der Waals surface area contributed by atoms with E-state index in [1.807, 2.05) is 18.9 Å². The highest BCUT2D eigenvalue weighted by Crippen LogP contribution is 2.23. The summed E-state index contributed by atoms with van der Waals surface area (Å²) >= 11 is 0. The predicted octanol–water partition coefficient (Wildman–Crippen LogP) is 0.812. The Morgan fingerprint density at radius 1 is 1.24 bits per heavy atom. The van der Waals surface area contributed by atoms with Gasteiger partial charge in [0, 0.05) is 39.6 Å². The van der Waals surface area contributed by atoms with Gasteiger partial charge in [-0.3, -0.25) is 9.48 Å². The van der Waals surface area contributed by atoms with E-state index < -0.39 is 0 Å². The average Bonchev–Trinajstić information content (AvgIpc) is 2.89. The number of carbonyl (C=O) groups is 1. The van der Waals surface area contributed by atoms with Gasteiger partial charge in [0.2, 0.25) is 5.91 Å². The van der Waals surface area contributed by atoms with Gasteiger partial charge >= 0.3 is 0 Å². The van der Waals surface area contributed by atoms with Crippen LogP contribution in [0.15, 0.2) is 12.5 Å². The fraction of sp³-hybridized carbons (Fsp3) is 0.571. The highest BCUT2D eigenvalue weighted by Gasteiger charge is 2.23. The lowest BCUT2D eigenvalue weighted by molar-refractivity contribution is -0.131. The molecule has 21 heavy (non-hydrogen) atoms. The Hall–Kier alpha value is -2.18. The van der Waals surface area contributed by atoms with Crippen LogP contribution in [0.1, 0.15) is 19.8 Å². The zero-order chi connectivity index (χ0) is 14.8. The van der Waals surface area contributed by atoms with Crippen molar-refractivity contribution in [2.24, 2.45) is 7.05 Å². The zero-order valence-corrected chi connectivity index (χ0v) is 12.5. The fourth-order valence-corrected chi connectivity index (χ4v) is 2.74. The van der Waals surface area contributed by atoms with Gasteiger partial charge in [-0.15, -0.1) is 0 Å². The smallest absolute Gasteiger partial charge is 0.222 e. The monoisotopic (exact) mass is 288 g/mol. The number of piperazine rings is 1. The number of fused-ring (bicyclic) bond motifs is 1. The van der Waals surface area contributed by atoms with Gasteiger partial charge in [0.15, 0.2) is 5.65 Å². The van der Waals surface area contributed by atoms with Gasteiger partial charge in [-0.2, -0.15) is 5.10 Å². The van der Waals surface area contributed by atoms with Crippen molar-refractivity contribution in [1.29, 1.82) is 0 Å². The molecule has 0 saturated carbocycles. The van der Waals surface area contributed by atoms with E-state index in [9.17, 15) is 4.79 Å². The van der Waals surface area contributed by atoms with E-state index in [-0.39, 0.29) is 5.91 Å². The van der Waals surface area contributed by atoms with Gasteiger partial charge in [0.1, 0.15) is 12.1 Å². The molecule has 112 valence electrons. The molecule has 1 amide bonds. The van der Waals surface area contributed by atoms with Crippen molar-refractivity contribution in [2.75, 3.05) is 31.1 Å². The van der Waals surface area contributed by atoms with Crippen molar-refractivity contribution in [1.82, 2.24) is 24.6 Å². The molecule has 1 aliphatic rings. The molecule has 0 aromatic carbocycles. The molecular formula is C14H20N6O. The Morgan fingerprint density at radius 2 is 2.00 bits per heavy atom. The molecule has 0 aliphatic carbocycles. The summed E-state index contributed by atoms with van der Waals surface area (Å²) in [7, 11) is 1.88.